The monoisotopic (exact) mass is 313 g/mol. The summed E-state index contributed by atoms with van der Waals surface area (Å²) in [7, 11) is 8.35. The van der Waals surface area contributed by atoms with E-state index in [1.54, 1.807) is 0 Å². The lowest BCUT2D eigenvalue weighted by atomic mass is 10.1. The van der Waals surface area contributed by atoms with E-state index in [9.17, 15) is 0 Å². The number of halogens is 1. The van der Waals surface area contributed by atoms with Crippen molar-refractivity contribution >= 4 is 15.9 Å². The van der Waals surface area contributed by atoms with Crippen LogP contribution in [0.25, 0.3) is 0 Å². The van der Waals surface area contributed by atoms with Crippen molar-refractivity contribution in [3.05, 3.63) is 33.8 Å². The third-order valence-corrected chi connectivity index (χ3v) is 3.61. The lowest BCUT2D eigenvalue weighted by Gasteiger charge is -2.20. The number of benzene rings is 1. The quantitative estimate of drug-likeness (QED) is 0.832. The molecule has 18 heavy (non-hydrogen) atoms. The van der Waals surface area contributed by atoms with E-state index in [2.05, 4.69) is 70.4 Å². The van der Waals surface area contributed by atoms with Crippen molar-refractivity contribution in [1.82, 2.24) is 15.1 Å². The largest absolute Gasteiger partial charge is 0.316 e. The fourth-order valence-corrected chi connectivity index (χ4v) is 2.33. The molecule has 0 aromatic heterocycles. The molecule has 1 rings (SSSR count). The van der Waals surface area contributed by atoms with Gasteiger partial charge in [0.2, 0.25) is 0 Å². The van der Waals surface area contributed by atoms with E-state index < -0.39 is 0 Å². The zero-order valence-corrected chi connectivity index (χ0v) is 13.4. The minimum atomic E-state index is 0.912. The zero-order valence-electron chi connectivity index (χ0n) is 11.8. The molecule has 0 aliphatic heterocycles. The number of nitrogens with one attached hydrogen (secondary N) is 1. The first-order valence-electron chi connectivity index (χ1n) is 6.28. The van der Waals surface area contributed by atoms with Gasteiger partial charge in [-0.05, 0) is 45.4 Å². The molecule has 1 N–H and O–H groups in total. The van der Waals surface area contributed by atoms with Crippen LogP contribution in [0.4, 0.5) is 0 Å². The Morgan fingerprint density at radius 3 is 2.44 bits per heavy atom. The lowest BCUT2D eigenvalue weighted by Crippen LogP contribution is -2.28. The average Bonchev–Trinajstić information content (AvgIpc) is 2.30. The maximum absolute atomic E-state index is 3.66. The molecule has 0 aliphatic rings. The number of hydrogen-bond donors (Lipinski definition) is 1. The van der Waals surface area contributed by atoms with E-state index in [4.69, 9.17) is 0 Å². The summed E-state index contributed by atoms with van der Waals surface area (Å²) in [5, 5.41) is 3.17. The molecule has 0 amide bonds. The van der Waals surface area contributed by atoms with Crippen LogP contribution in [0.15, 0.2) is 22.7 Å². The molecule has 0 atom stereocenters. The Kier molecular flexibility index (Phi) is 6.86. The Morgan fingerprint density at radius 1 is 1.17 bits per heavy atom. The number of nitrogens with zero attached hydrogens (tertiary/aromatic N) is 2. The molecule has 0 fully saturated rings. The lowest BCUT2D eigenvalue weighted by molar-refractivity contribution is 0.276. The third-order valence-electron chi connectivity index (χ3n) is 2.87. The van der Waals surface area contributed by atoms with Gasteiger partial charge in [0.05, 0.1) is 0 Å². The van der Waals surface area contributed by atoms with Crippen molar-refractivity contribution in [3.63, 3.8) is 0 Å². The van der Waals surface area contributed by atoms with Crippen molar-refractivity contribution in [2.75, 3.05) is 41.3 Å². The molecular formula is C14H24BrN3. The van der Waals surface area contributed by atoms with Gasteiger partial charge >= 0.3 is 0 Å². The van der Waals surface area contributed by atoms with Gasteiger partial charge in [-0.1, -0.05) is 28.1 Å². The summed E-state index contributed by atoms with van der Waals surface area (Å²) in [6.07, 6.45) is 0. The summed E-state index contributed by atoms with van der Waals surface area (Å²) in [6.45, 7) is 4.06. The molecular weight excluding hydrogens is 290 g/mol. The fourth-order valence-electron chi connectivity index (χ4n) is 1.77. The van der Waals surface area contributed by atoms with Crippen LogP contribution in [-0.4, -0.2) is 51.1 Å². The highest BCUT2D eigenvalue weighted by Gasteiger charge is 2.05. The second-order valence-electron chi connectivity index (χ2n) is 5.00. The Bertz CT molecular complexity index is 366. The number of likely N-dealkylation sites (N-methyl/N-ethyl adjacent to an activating group) is 2. The Labute approximate surface area is 119 Å². The molecule has 1 aromatic rings. The van der Waals surface area contributed by atoms with Gasteiger partial charge in [0, 0.05) is 30.7 Å². The van der Waals surface area contributed by atoms with Crippen LogP contribution in [0.5, 0.6) is 0 Å². The highest BCUT2D eigenvalue weighted by molar-refractivity contribution is 9.10. The molecule has 102 valence electrons. The second kappa shape index (κ2) is 7.89. The predicted octanol–water partition coefficient (Wildman–Crippen LogP) is 2.16. The topological polar surface area (TPSA) is 18.5 Å². The molecule has 0 aliphatic carbocycles. The normalized spacial score (nSPS) is 11.5. The maximum Gasteiger partial charge on any atom is 0.0242 e. The standard InChI is InChI=1S/C14H24BrN3/c1-16-10-12-5-6-13(14(15)9-12)11-18(4)8-7-17(2)3/h5-6,9,16H,7-8,10-11H2,1-4H3. The van der Waals surface area contributed by atoms with Crippen molar-refractivity contribution in [3.8, 4) is 0 Å². The van der Waals surface area contributed by atoms with E-state index in [1.807, 2.05) is 7.05 Å². The van der Waals surface area contributed by atoms with Crippen molar-refractivity contribution in [2.45, 2.75) is 13.1 Å². The van der Waals surface area contributed by atoms with Crippen LogP contribution >= 0.6 is 15.9 Å². The highest BCUT2D eigenvalue weighted by atomic mass is 79.9. The first-order valence-corrected chi connectivity index (χ1v) is 7.07. The summed E-state index contributed by atoms with van der Waals surface area (Å²) in [6, 6.07) is 6.60. The zero-order chi connectivity index (χ0) is 13.5. The summed E-state index contributed by atoms with van der Waals surface area (Å²) in [5.41, 5.74) is 2.65. The van der Waals surface area contributed by atoms with Crippen LogP contribution in [0.3, 0.4) is 0 Å². The maximum atomic E-state index is 3.66. The van der Waals surface area contributed by atoms with Crippen molar-refractivity contribution in [1.29, 1.82) is 0 Å². The number of hydrogen-bond acceptors (Lipinski definition) is 3. The fraction of sp³-hybridized carbons (Fsp3) is 0.571. The van der Waals surface area contributed by atoms with Gasteiger partial charge in [-0.2, -0.15) is 0 Å². The molecule has 0 radical (unpaired) electrons. The first-order chi connectivity index (χ1) is 8.52. The molecule has 1 aromatic carbocycles. The van der Waals surface area contributed by atoms with Gasteiger partial charge in [-0.25, -0.2) is 0 Å². The summed E-state index contributed by atoms with van der Waals surface area (Å²) in [4.78, 5) is 4.55. The molecule has 0 heterocycles. The second-order valence-corrected chi connectivity index (χ2v) is 5.85. The van der Waals surface area contributed by atoms with Gasteiger partial charge in [0.1, 0.15) is 0 Å². The summed E-state index contributed by atoms with van der Waals surface area (Å²) >= 11 is 3.66. The van der Waals surface area contributed by atoms with Crippen molar-refractivity contribution < 1.29 is 0 Å². The molecule has 0 bridgehead atoms. The summed E-state index contributed by atoms with van der Waals surface area (Å²) < 4.78 is 1.20. The average molecular weight is 314 g/mol. The molecule has 0 saturated heterocycles. The Hall–Kier alpha value is -0.420. The minimum Gasteiger partial charge on any atom is -0.316 e. The van der Waals surface area contributed by atoms with Crippen LogP contribution in [0, 0.1) is 0 Å². The van der Waals surface area contributed by atoms with Crippen LogP contribution in [0.1, 0.15) is 11.1 Å². The van der Waals surface area contributed by atoms with Gasteiger partial charge < -0.3 is 15.1 Å². The van der Waals surface area contributed by atoms with E-state index >= 15 is 0 Å². The molecule has 0 saturated carbocycles. The van der Waals surface area contributed by atoms with E-state index in [0.29, 0.717) is 0 Å². The first kappa shape index (κ1) is 15.6. The van der Waals surface area contributed by atoms with Crippen LogP contribution in [-0.2, 0) is 13.1 Å². The molecule has 3 nitrogen and oxygen atoms in total. The van der Waals surface area contributed by atoms with Gasteiger partial charge in [-0.15, -0.1) is 0 Å². The molecule has 0 spiro atoms. The predicted molar refractivity (Wildman–Crippen MR) is 81.8 cm³/mol. The van der Waals surface area contributed by atoms with Crippen LogP contribution < -0.4 is 5.32 Å². The van der Waals surface area contributed by atoms with Gasteiger partial charge in [0.15, 0.2) is 0 Å². The van der Waals surface area contributed by atoms with E-state index in [1.165, 1.54) is 15.6 Å². The Balaban J connectivity index is 2.56. The minimum absolute atomic E-state index is 0.912. The molecule has 0 unspecified atom stereocenters. The van der Waals surface area contributed by atoms with E-state index in [0.717, 1.165) is 26.2 Å². The SMILES string of the molecule is CNCc1ccc(CN(C)CCN(C)C)c(Br)c1. The number of rotatable bonds is 7. The Morgan fingerprint density at radius 2 is 1.89 bits per heavy atom. The van der Waals surface area contributed by atoms with Crippen molar-refractivity contribution in [2.24, 2.45) is 0 Å². The third kappa shape index (κ3) is 5.48. The summed E-state index contributed by atoms with van der Waals surface area (Å²) in [5.74, 6) is 0. The highest BCUT2D eigenvalue weighted by Crippen LogP contribution is 2.20. The van der Waals surface area contributed by atoms with Gasteiger partial charge in [-0.3, -0.25) is 0 Å². The van der Waals surface area contributed by atoms with E-state index in [-0.39, 0.29) is 0 Å². The van der Waals surface area contributed by atoms with Crippen LogP contribution in [0.2, 0.25) is 0 Å². The van der Waals surface area contributed by atoms with Gasteiger partial charge in [0.25, 0.3) is 0 Å². The molecule has 4 heteroatoms. The smallest absolute Gasteiger partial charge is 0.0242 e.